The molecular formula is C59H57N5OPt-2. The maximum absolute atomic E-state index is 6.88. The van der Waals surface area contributed by atoms with Gasteiger partial charge < -0.3 is 18.4 Å². The van der Waals surface area contributed by atoms with Crippen LogP contribution in [0.1, 0.15) is 128 Å². The van der Waals surface area contributed by atoms with Gasteiger partial charge in [-0.05, 0) is 96.0 Å². The largest absolute Gasteiger partial charge is 0.510 e. The van der Waals surface area contributed by atoms with E-state index in [4.69, 9.17) is 14.7 Å². The Morgan fingerprint density at radius 2 is 1.23 bits per heavy atom. The topological polar surface area (TPSA) is 48.8 Å². The van der Waals surface area contributed by atoms with Crippen LogP contribution >= 0.6 is 0 Å². The van der Waals surface area contributed by atoms with Gasteiger partial charge in [-0.2, -0.15) is 12.1 Å². The number of hydrogen-bond donors (Lipinski definition) is 0. The van der Waals surface area contributed by atoms with E-state index in [0.29, 0.717) is 11.5 Å². The van der Waals surface area contributed by atoms with Gasteiger partial charge in [-0.3, -0.25) is 4.98 Å². The Kier molecular flexibility index (Phi) is 9.72. The first-order valence-corrected chi connectivity index (χ1v) is 23.0. The summed E-state index contributed by atoms with van der Waals surface area (Å²) in [5.74, 6) is 1.98. The van der Waals surface area contributed by atoms with E-state index in [9.17, 15) is 0 Å². The number of nitrogens with zero attached hydrogens (tertiary/aromatic N) is 5. The molecule has 66 heavy (non-hydrogen) atoms. The summed E-state index contributed by atoms with van der Waals surface area (Å²) in [4.78, 5) is 9.50. The molecule has 1 aliphatic heterocycles. The summed E-state index contributed by atoms with van der Waals surface area (Å²) in [6, 6.07) is 43.0. The molecule has 6 nitrogen and oxygen atoms in total. The van der Waals surface area contributed by atoms with Crippen LogP contribution in [0.3, 0.4) is 0 Å². The smallest absolute Gasteiger partial charge is 0.242 e. The van der Waals surface area contributed by atoms with E-state index >= 15 is 0 Å². The van der Waals surface area contributed by atoms with Crippen molar-refractivity contribution < 1.29 is 30.4 Å². The van der Waals surface area contributed by atoms with Crippen LogP contribution in [0.15, 0.2) is 109 Å². The number of rotatable bonds is 3. The number of fused-ring (bicyclic) bond motifs is 12. The second-order valence-corrected chi connectivity index (χ2v) is 22.5. The number of aromatic nitrogens is 5. The Balaban J connectivity index is 0.00000511. The molecule has 7 heteroatoms. The van der Waals surface area contributed by atoms with Gasteiger partial charge in [0.15, 0.2) is 0 Å². The van der Waals surface area contributed by atoms with Gasteiger partial charge in [0.1, 0.15) is 5.82 Å². The third-order valence-electron chi connectivity index (χ3n) is 13.9. The van der Waals surface area contributed by atoms with Crippen molar-refractivity contribution in [1.29, 1.82) is 0 Å². The molecule has 11 rings (SSSR count). The predicted octanol–water partition coefficient (Wildman–Crippen LogP) is 13.4. The Labute approximate surface area is 404 Å². The minimum Gasteiger partial charge on any atom is -0.510 e. The standard InChI is InChI=1S/C59H57N5O.Pt/c1-55(2,3)35-28-40-41-29-36(56(4,5)6)31-45(58(10,11)12)52(41)59(51(40)44(30-35)57(7,8)9)42-25-23-38(33-49(42)63-34-62(13)47-19-16-18-43(59)54(47)63)65-37-22-24-39-48(32-37)64(50-21-14-15-26-60-50)46-20-17-27-61-53(39)46;/h14-31H,1-13H3;/q-2;. The van der Waals surface area contributed by atoms with Crippen molar-refractivity contribution >= 4 is 33.0 Å². The van der Waals surface area contributed by atoms with Gasteiger partial charge in [0, 0.05) is 55.9 Å². The van der Waals surface area contributed by atoms with Gasteiger partial charge in [0.2, 0.25) is 6.33 Å². The summed E-state index contributed by atoms with van der Waals surface area (Å²) < 4.78 is 13.4. The van der Waals surface area contributed by atoms with E-state index in [0.717, 1.165) is 44.5 Å². The van der Waals surface area contributed by atoms with E-state index in [2.05, 4.69) is 189 Å². The van der Waals surface area contributed by atoms with Gasteiger partial charge in [-0.25, -0.2) is 4.98 Å². The van der Waals surface area contributed by atoms with Crippen molar-refractivity contribution in [3.05, 3.63) is 172 Å². The molecule has 0 radical (unpaired) electrons. The molecule has 0 saturated carbocycles. The van der Waals surface area contributed by atoms with Crippen molar-refractivity contribution in [2.24, 2.45) is 7.05 Å². The quantitative estimate of drug-likeness (QED) is 0.131. The maximum atomic E-state index is 6.88. The molecule has 0 N–H and O–H groups in total. The average Bonchev–Trinajstić information content (AvgIpc) is 3.87. The van der Waals surface area contributed by atoms with Crippen LogP contribution in [0.4, 0.5) is 0 Å². The van der Waals surface area contributed by atoms with Gasteiger partial charge in [0.05, 0.1) is 23.6 Å². The van der Waals surface area contributed by atoms with Crippen LogP contribution in [-0.2, 0) is 55.2 Å². The van der Waals surface area contributed by atoms with Crippen molar-refractivity contribution in [2.75, 3.05) is 0 Å². The van der Waals surface area contributed by atoms with E-state index in [-0.39, 0.29) is 42.7 Å². The van der Waals surface area contributed by atoms with Crippen LogP contribution in [0, 0.1) is 18.5 Å². The molecule has 5 aromatic carbocycles. The molecule has 0 saturated heterocycles. The third-order valence-corrected chi connectivity index (χ3v) is 13.9. The molecule has 1 spiro atoms. The van der Waals surface area contributed by atoms with Crippen molar-refractivity contribution in [1.82, 2.24) is 19.1 Å². The average molecular weight is 1050 g/mol. The molecule has 5 heterocycles. The van der Waals surface area contributed by atoms with E-state index in [1.165, 1.54) is 55.6 Å². The van der Waals surface area contributed by atoms with Crippen LogP contribution < -0.4 is 9.30 Å². The minimum absolute atomic E-state index is 0. The number of hydrogen-bond acceptors (Lipinski definition) is 3. The van der Waals surface area contributed by atoms with Gasteiger partial charge in [-0.1, -0.05) is 148 Å². The molecule has 2 aliphatic rings. The SMILES string of the molecule is C[n+]1[c-]n2c3c(cccc31)C1(c3ccc(Oc4[c-]c5c(cc4)c4ncccc4n5-c4ccccn4)[c-]c3-2)c2c(cc(C(C)(C)C)cc2C(C)(C)C)-c2cc(C(C)(C)C)cc(C(C)(C)C)c21.[Pt]. The molecule has 0 fully saturated rings. The fourth-order valence-electron chi connectivity index (χ4n) is 10.8. The fraction of sp³-hybridized carbons (Fsp3) is 0.305. The normalized spacial score (nSPS) is 14.1. The molecule has 336 valence electrons. The Morgan fingerprint density at radius 3 is 1.83 bits per heavy atom. The zero-order chi connectivity index (χ0) is 45.7. The second kappa shape index (κ2) is 14.6. The third kappa shape index (κ3) is 6.34. The summed E-state index contributed by atoms with van der Waals surface area (Å²) in [7, 11) is 2.10. The van der Waals surface area contributed by atoms with E-state index in [1.54, 1.807) is 0 Å². The number of ether oxygens (including phenoxy) is 1. The Morgan fingerprint density at radius 1 is 0.606 bits per heavy atom. The first kappa shape index (κ1) is 44.0. The summed E-state index contributed by atoms with van der Waals surface area (Å²) >= 11 is 0. The van der Waals surface area contributed by atoms with Gasteiger partial charge >= 0.3 is 0 Å². The van der Waals surface area contributed by atoms with E-state index in [1.807, 2.05) is 42.7 Å². The number of imidazole rings is 1. The zero-order valence-corrected chi connectivity index (χ0v) is 42.6. The number of pyridine rings is 2. The van der Waals surface area contributed by atoms with Crippen LogP contribution in [-0.4, -0.2) is 19.1 Å². The van der Waals surface area contributed by atoms with Crippen molar-refractivity contribution in [2.45, 2.75) is 110 Å². The number of para-hydroxylation sites is 1. The Hall–Kier alpha value is -5.84. The van der Waals surface area contributed by atoms with Gasteiger partial charge in [-0.15, -0.1) is 29.8 Å². The molecule has 0 amide bonds. The molecular weight excluding hydrogens is 990 g/mol. The van der Waals surface area contributed by atoms with Crippen LogP contribution in [0.2, 0.25) is 0 Å². The first-order valence-electron chi connectivity index (χ1n) is 23.0. The molecule has 4 aromatic heterocycles. The number of aryl methyl sites for hydroxylation is 1. The Bertz CT molecular complexity index is 3370. The zero-order valence-electron chi connectivity index (χ0n) is 40.4. The van der Waals surface area contributed by atoms with Crippen LogP contribution in [0.5, 0.6) is 11.5 Å². The molecule has 0 unspecified atom stereocenters. The first-order chi connectivity index (χ1) is 30.7. The molecule has 1 aliphatic carbocycles. The summed E-state index contributed by atoms with van der Waals surface area (Å²) in [6.45, 7) is 28.4. The van der Waals surface area contributed by atoms with Crippen molar-refractivity contribution in [3.63, 3.8) is 0 Å². The summed E-state index contributed by atoms with van der Waals surface area (Å²) in [5, 5.41) is 0.982. The summed E-state index contributed by atoms with van der Waals surface area (Å²) in [6.07, 6.45) is 7.38. The summed E-state index contributed by atoms with van der Waals surface area (Å²) in [5.41, 5.74) is 17.9. The molecule has 0 bridgehead atoms. The molecule has 9 aromatic rings. The molecule has 0 atom stereocenters. The monoisotopic (exact) mass is 1050 g/mol. The number of benzene rings is 5. The van der Waals surface area contributed by atoms with Crippen LogP contribution in [0.25, 0.3) is 55.6 Å². The fourth-order valence-corrected chi connectivity index (χ4v) is 10.8. The minimum atomic E-state index is -0.691. The van der Waals surface area contributed by atoms with Gasteiger partial charge in [0.25, 0.3) is 0 Å². The van der Waals surface area contributed by atoms with E-state index < -0.39 is 5.41 Å². The maximum Gasteiger partial charge on any atom is 0.242 e. The second-order valence-electron chi connectivity index (χ2n) is 22.5. The predicted molar refractivity (Wildman–Crippen MR) is 263 cm³/mol. The van der Waals surface area contributed by atoms with Crippen molar-refractivity contribution in [3.8, 4) is 34.1 Å².